The van der Waals surface area contributed by atoms with Gasteiger partial charge in [-0.3, -0.25) is 9.89 Å². The molecule has 1 aliphatic heterocycles. The number of morpholine rings is 1. The van der Waals surface area contributed by atoms with Crippen LogP contribution in [0.1, 0.15) is 51.7 Å². The molecule has 1 saturated heterocycles. The van der Waals surface area contributed by atoms with Gasteiger partial charge in [0, 0.05) is 32.8 Å². The second-order valence-electron chi connectivity index (χ2n) is 7.79. The van der Waals surface area contributed by atoms with E-state index in [2.05, 4.69) is 49.3 Å². The van der Waals surface area contributed by atoms with Gasteiger partial charge >= 0.3 is 0 Å². The smallest absolute Gasteiger partial charge is 0.191 e. The lowest BCUT2D eigenvalue weighted by molar-refractivity contribution is 0.0135. The molecule has 7 nitrogen and oxygen atoms in total. The van der Waals surface area contributed by atoms with Crippen molar-refractivity contribution in [2.24, 2.45) is 10.9 Å². The first-order valence-corrected chi connectivity index (χ1v) is 11.1. The van der Waals surface area contributed by atoms with Crippen molar-refractivity contribution in [3.05, 3.63) is 23.7 Å². The molecule has 1 aromatic rings. The number of nitrogens with zero attached hydrogens (tertiary/aromatic N) is 2. The lowest BCUT2D eigenvalue weighted by Crippen LogP contribution is -2.42. The number of hydrogen-bond donors (Lipinski definition) is 2. The maximum atomic E-state index is 5.95. The van der Waals surface area contributed by atoms with Gasteiger partial charge in [-0.1, -0.05) is 13.8 Å². The zero-order valence-corrected chi connectivity index (χ0v) is 21.6. The Morgan fingerprint density at radius 1 is 1.20 bits per heavy atom. The van der Waals surface area contributed by atoms with Crippen LogP contribution in [0.25, 0.3) is 0 Å². The molecule has 8 heteroatoms. The summed E-state index contributed by atoms with van der Waals surface area (Å²) in [6, 6.07) is 4.21. The predicted molar refractivity (Wildman–Crippen MR) is 133 cm³/mol. The standard InChI is InChI=1S/C22H40N4O3.HI/c1-6-23-22(24-11-10-20(17(3)4)28-7-2)25-16-19(21-9-8-18(5)29-21)26-12-14-27-15-13-26;/h8-9,17,19-20H,6-7,10-16H2,1-5H3,(H2,23,24,25);1H. The van der Waals surface area contributed by atoms with Crippen molar-refractivity contribution in [3.8, 4) is 0 Å². The van der Waals surface area contributed by atoms with Crippen LogP contribution in [-0.2, 0) is 9.47 Å². The van der Waals surface area contributed by atoms with E-state index >= 15 is 0 Å². The molecule has 2 heterocycles. The number of halogens is 1. The summed E-state index contributed by atoms with van der Waals surface area (Å²) in [4.78, 5) is 7.27. The van der Waals surface area contributed by atoms with Crippen molar-refractivity contribution in [1.29, 1.82) is 0 Å². The Bertz CT molecular complexity index is 603. The quantitative estimate of drug-likeness (QED) is 0.256. The monoisotopic (exact) mass is 536 g/mol. The molecule has 0 saturated carbocycles. The van der Waals surface area contributed by atoms with Gasteiger partial charge in [0.2, 0.25) is 0 Å². The topological polar surface area (TPSA) is 71.3 Å². The highest BCUT2D eigenvalue weighted by Gasteiger charge is 2.25. The van der Waals surface area contributed by atoms with Gasteiger partial charge in [0.1, 0.15) is 11.5 Å². The molecule has 2 unspecified atom stereocenters. The molecule has 174 valence electrons. The number of ether oxygens (including phenoxy) is 2. The summed E-state index contributed by atoms with van der Waals surface area (Å²) in [5.74, 6) is 3.25. The SMILES string of the molecule is CCNC(=NCC(c1ccc(C)o1)N1CCOCC1)NCCC(OCC)C(C)C.I. The minimum absolute atomic E-state index is 0. The van der Waals surface area contributed by atoms with Crippen LogP contribution in [0.5, 0.6) is 0 Å². The zero-order valence-electron chi connectivity index (χ0n) is 19.3. The lowest BCUT2D eigenvalue weighted by Gasteiger charge is -2.32. The van der Waals surface area contributed by atoms with Crippen LogP contribution in [0.4, 0.5) is 0 Å². The second-order valence-corrected chi connectivity index (χ2v) is 7.79. The number of nitrogens with one attached hydrogen (secondary N) is 2. The van der Waals surface area contributed by atoms with Gasteiger partial charge in [0.25, 0.3) is 0 Å². The van der Waals surface area contributed by atoms with E-state index in [1.54, 1.807) is 0 Å². The number of guanidine groups is 1. The molecule has 2 atom stereocenters. The Labute approximate surface area is 199 Å². The van der Waals surface area contributed by atoms with Gasteiger partial charge in [-0.15, -0.1) is 24.0 Å². The predicted octanol–water partition coefficient (Wildman–Crippen LogP) is 3.59. The zero-order chi connectivity index (χ0) is 21.1. The Kier molecular flexibility index (Phi) is 13.6. The van der Waals surface area contributed by atoms with E-state index in [1.807, 2.05) is 13.0 Å². The van der Waals surface area contributed by atoms with E-state index in [0.717, 1.165) is 69.9 Å². The molecule has 0 spiro atoms. The van der Waals surface area contributed by atoms with E-state index in [1.165, 1.54) is 0 Å². The minimum Gasteiger partial charge on any atom is -0.465 e. The molecule has 0 bridgehead atoms. The van der Waals surface area contributed by atoms with Crippen LogP contribution in [0, 0.1) is 12.8 Å². The summed E-state index contributed by atoms with van der Waals surface area (Å²) in [5, 5.41) is 6.82. The third-order valence-electron chi connectivity index (χ3n) is 5.19. The average Bonchev–Trinajstić information content (AvgIpc) is 3.14. The van der Waals surface area contributed by atoms with Gasteiger partial charge < -0.3 is 24.5 Å². The Morgan fingerprint density at radius 2 is 1.93 bits per heavy atom. The molecule has 1 fully saturated rings. The normalized spacial score (nSPS) is 17.5. The Balaban J connectivity index is 0.00000450. The Hall–Kier alpha value is -0.840. The van der Waals surface area contributed by atoms with E-state index in [0.29, 0.717) is 12.5 Å². The largest absolute Gasteiger partial charge is 0.465 e. The minimum atomic E-state index is 0. The van der Waals surface area contributed by atoms with Crippen LogP contribution < -0.4 is 10.6 Å². The first-order chi connectivity index (χ1) is 14.0. The molecular formula is C22H41IN4O3. The third kappa shape index (κ3) is 9.11. The molecule has 30 heavy (non-hydrogen) atoms. The van der Waals surface area contributed by atoms with Crippen molar-refractivity contribution in [2.45, 2.75) is 53.2 Å². The fraction of sp³-hybridized carbons (Fsp3) is 0.773. The molecule has 1 aliphatic rings. The summed E-state index contributed by atoms with van der Waals surface area (Å²) in [7, 11) is 0. The highest BCUT2D eigenvalue weighted by molar-refractivity contribution is 14.0. The summed E-state index contributed by atoms with van der Waals surface area (Å²) < 4.78 is 17.3. The molecule has 2 rings (SSSR count). The summed E-state index contributed by atoms with van der Waals surface area (Å²) in [6.07, 6.45) is 1.22. The molecular weight excluding hydrogens is 495 g/mol. The van der Waals surface area contributed by atoms with Crippen LogP contribution in [-0.4, -0.2) is 69.5 Å². The number of aliphatic imine (C=N–C) groups is 1. The summed E-state index contributed by atoms with van der Waals surface area (Å²) >= 11 is 0. The summed E-state index contributed by atoms with van der Waals surface area (Å²) in [6.45, 7) is 16.9. The summed E-state index contributed by atoms with van der Waals surface area (Å²) in [5.41, 5.74) is 0. The van der Waals surface area contributed by atoms with Gasteiger partial charge in [-0.25, -0.2) is 0 Å². The Morgan fingerprint density at radius 3 is 2.50 bits per heavy atom. The molecule has 1 aromatic heterocycles. The molecule has 2 N–H and O–H groups in total. The molecule has 0 aliphatic carbocycles. The van der Waals surface area contributed by atoms with Crippen molar-refractivity contribution in [1.82, 2.24) is 15.5 Å². The van der Waals surface area contributed by atoms with Gasteiger partial charge in [-0.2, -0.15) is 0 Å². The maximum absolute atomic E-state index is 5.95. The van der Waals surface area contributed by atoms with Crippen LogP contribution in [0.2, 0.25) is 0 Å². The van der Waals surface area contributed by atoms with Gasteiger partial charge in [0.05, 0.1) is 31.9 Å². The van der Waals surface area contributed by atoms with Gasteiger partial charge in [-0.05, 0) is 45.2 Å². The van der Waals surface area contributed by atoms with Crippen LogP contribution >= 0.6 is 24.0 Å². The number of furan rings is 1. The van der Waals surface area contributed by atoms with Crippen LogP contribution in [0.15, 0.2) is 21.5 Å². The fourth-order valence-corrected chi connectivity index (χ4v) is 3.58. The number of hydrogen-bond acceptors (Lipinski definition) is 5. The third-order valence-corrected chi connectivity index (χ3v) is 5.19. The van der Waals surface area contributed by atoms with Crippen molar-refractivity contribution < 1.29 is 13.9 Å². The lowest BCUT2D eigenvalue weighted by atomic mass is 10.0. The van der Waals surface area contributed by atoms with E-state index < -0.39 is 0 Å². The first kappa shape index (κ1) is 27.2. The van der Waals surface area contributed by atoms with E-state index in [9.17, 15) is 0 Å². The molecule has 0 aromatic carbocycles. The van der Waals surface area contributed by atoms with Crippen LogP contribution in [0.3, 0.4) is 0 Å². The first-order valence-electron chi connectivity index (χ1n) is 11.1. The fourth-order valence-electron chi connectivity index (χ4n) is 3.58. The highest BCUT2D eigenvalue weighted by atomic mass is 127. The highest BCUT2D eigenvalue weighted by Crippen LogP contribution is 2.24. The number of aryl methyl sites for hydroxylation is 1. The molecule has 0 amide bonds. The average molecular weight is 536 g/mol. The van der Waals surface area contributed by atoms with E-state index in [4.69, 9.17) is 18.9 Å². The van der Waals surface area contributed by atoms with Crippen molar-refractivity contribution in [2.75, 3.05) is 52.5 Å². The van der Waals surface area contributed by atoms with Crippen molar-refractivity contribution >= 4 is 29.9 Å². The second kappa shape index (κ2) is 15.0. The van der Waals surface area contributed by atoms with Crippen molar-refractivity contribution in [3.63, 3.8) is 0 Å². The van der Waals surface area contributed by atoms with Gasteiger partial charge in [0.15, 0.2) is 5.96 Å². The number of rotatable bonds is 11. The maximum Gasteiger partial charge on any atom is 0.191 e. The van der Waals surface area contributed by atoms with E-state index in [-0.39, 0.29) is 36.1 Å². The molecule has 0 radical (unpaired) electrons.